The zero-order valence-corrected chi connectivity index (χ0v) is 15.2. The molecule has 0 N–H and O–H groups in total. The highest BCUT2D eigenvalue weighted by Crippen LogP contribution is 2.42. The highest BCUT2D eigenvalue weighted by molar-refractivity contribution is 6.42. The van der Waals surface area contributed by atoms with Crippen LogP contribution in [0.4, 0.5) is 13.2 Å². The Balaban J connectivity index is 2.18. The van der Waals surface area contributed by atoms with Crippen LogP contribution in [0.1, 0.15) is 23.1 Å². The van der Waals surface area contributed by atoms with Crippen LogP contribution in [0.3, 0.4) is 0 Å². The lowest BCUT2D eigenvalue weighted by molar-refractivity contribution is -0.302. The molecule has 1 nitrogen and oxygen atoms in total. The minimum absolute atomic E-state index is 0.218. The van der Waals surface area contributed by atoms with Crippen LogP contribution >= 0.6 is 23.2 Å². The minimum Gasteiger partial charge on any atom is -0.405 e. The fourth-order valence-electron chi connectivity index (χ4n) is 2.78. The van der Waals surface area contributed by atoms with Crippen LogP contribution < -0.4 is 0 Å². The van der Waals surface area contributed by atoms with Gasteiger partial charge in [-0.15, -0.1) is 13.2 Å². The summed E-state index contributed by atoms with van der Waals surface area (Å²) in [5, 5.41) is 0.715. The molecule has 2 aromatic rings. The van der Waals surface area contributed by atoms with E-state index in [4.69, 9.17) is 23.2 Å². The van der Waals surface area contributed by atoms with Gasteiger partial charge in [0, 0.05) is 5.57 Å². The molecule has 0 aromatic heterocycles. The van der Waals surface area contributed by atoms with E-state index in [0.717, 1.165) is 5.56 Å². The van der Waals surface area contributed by atoms with Gasteiger partial charge in [0.2, 0.25) is 0 Å². The van der Waals surface area contributed by atoms with Gasteiger partial charge in [-0.1, -0.05) is 59.1 Å². The molecule has 135 valence electrons. The maximum absolute atomic E-state index is 12.9. The molecular weight excluding hydrogens is 384 g/mol. The highest BCUT2D eigenvalue weighted by atomic mass is 35.5. The Morgan fingerprint density at radius 3 is 2.19 bits per heavy atom. The summed E-state index contributed by atoms with van der Waals surface area (Å²) in [7, 11) is 0. The molecule has 1 aliphatic rings. The first-order valence-electron chi connectivity index (χ1n) is 7.81. The van der Waals surface area contributed by atoms with Gasteiger partial charge in [-0.2, -0.15) is 0 Å². The number of alkyl halides is 3. The summed E-state index contributed by atoms with van der Waals surface area (Å²) in [6.07, 6.45) is -1.19. The van der Waals surface area contributed by atoms with Crippen molar-refractivity contribution in [2.24, 2.45) is 0 Å². The van der Waals surface area contributed by atoms with Crippen LogP contribution in [-0.2, 0) is 4.74 Å². The molecule has 0 aliphatic heterocycles. The third-order valence-corrected chi connectivity index (χ3v) is 4.68. The zero-order chi connectivity index (χ0) is 18.9. The van der Waals surface area contributed by atoms with Crippen LogP contribution in [-0.4, -0.2) is 6.36 Å². The monoisotopic (exact) mass is 397 g/mol. The topological polar surface area (TPSA) is 9.23 Å². The molecule has 2 aromatic carbocycles. The third-order valence-electron chi connectivity index (χ3n) is 3.94. The van der Waals surface area contributed by atoms with Crippen LogP contribution in [0.2, 0.25) is 10.0 Å². The summed E-state index contributed by atoms with van der Waals surface area (Å²) < 4.78 is 43.0. The van der Waals surface area contributed by atoms with Gasteiger partial charge in [0.15, 0.2) is 0 Å². The summed E-state index contributed by atoms with van der Waals surface area (Å²) >= 11 is 12.1. The average Bonchev–Trinajstić information content (AvgIpc) is 2.57. The third kappa shape index (κ3) is 4.25. The fourth-order valence-corrected chi connectivity index (χ4v) is 3.08. The second-order valence-corrected chi connectivity index (χ2v) is 6.65. The number of halogens is 5. The Hall–Kier alpha value is -1.91. The second-order valence-electron chi connectivity index (χ2n) is 5.84. The van der Waals surface area contributed by atoms with Crippen molar-refractivity contribution in [2.75, 3.05) is 0 Å². The van der Waals surface area contributed by atoms with Gasteiger partial charge < -0.3 is 4.74 Å². The maximum Gasteiger partial charge on any atom is 0.573 e. The van der Waals surface area contributed by atoms with Gasteiger partial charge in [0.25, 0.3) is 0 Å². The van der Waals surface area contributed by atoms with Crippen molar-refractivity contribution in [3.05, 3.63) is 87.5 Å². The minimum atomic E-state index is -4.78. The van der Waals surface area contributed by atoms with E-state index in [-0.39, 0.29) is 5.76 Å². The first-order chi connectivity index (χ1) is 12.2. The summed E-state index contributed by atoms with van der Waals surface area (Å²) in [5.41, 5.74) is 3.29. The average molecular weight is 398 g/mol. The van der Waals surface area contributed by atoms with E-state index in [1.54, 1.807) is 30.3 Å². The summed E-state index contributed by atoms with van der Waals surface area (Å²) in [6, 6.07) is 12.2. The number of aryl methyl sites for hydroxylation is 1. The van der Waals surface area contributed by atoms with Gasteiger partial charge >= 0.3 is 6.36 Å². The van der Waals surface area contributed by atoms with Gasteiger partial charge in [-0.25, -0.2) is 0 Å². The van der Waals surface area contributed by atoms with Crippen molar-refractivity contribution in [2.45, 2.75) is 19.7 Å². The largest absolute Gasteiger partial charge is 0.573 e. The Bertz CT molecular complexity index is 881. The molecule has 1 aliphatic carbocycles. The molecule has 0 saturated heterocycles. The van der Waals surface area contributed by atoms with Crippen LogP contribution in [0.25, 0.3) is 11.1 Å². The first kappa shape index (κ1) is 18.9. The van der Waals surface area contributed by atoms with E-state index in [0.29, 0.717) is 38.7 Å². The Labute approximate surface area is 159 Å². The first-order valence-corrected chi connectivity index (χ1v) is 8.56. The van der Waals surface area contributed by atoms with Crippen molar-refractivity contribution in [3.63, 3.8) is 0 Å². The van der Waals surface area contributed by atoms with E-state index >= 15 is 0 Å². The number of allylic oxidation sites excluding steroid dienone is 3. The van der Waals surface area contributed by atoms with Crippen LogP contribution in [0.5, 0.6) is 0 Å². The molecule has 3 rings (SSSR count). The lowest BCUT2D eigenvalue weighted by Crippen LogP contribution is -2.16. The second kappa shape index (κ2) is 7.37. The molecule has 0 amide bonds. The number of hydrogen-bond donors (Lipinski definition) is 0. The molecular formula is C20H14Cl2F3O. The van der Waals surface area contributed by atoms with E-state index in [2.05, 4.69) is 4.74 Å². The molecule has 0 saturated carbocycles. The molecule has 0 spiro atoms. The van der Waals surface area contributed by atoms with E-state index in [1.807, 2.05) is 25.5 Å². The molecule has 26 heavy (non-hydrogen) atoms. The lowest BCUT2D eigenvalue weighted by Gasteiger charge is -2.24. The lowest BCUT2D eigenvalue weighted by atomic mass is 9.86. The van der Waals surface area contributed by atoms with Crippen molar-refractivity contribution < 1.29 is 17.9 Å². The predicted molar refractivity (Wildman–Crippen MR) is 98.6 cm³/mol. The number of hydrogen-bond acceptors (Lipinski definition) is 1. The van der Waals surface area contributed by atoms with Gasteiger partial charge in [-0.05, 0) is 54.7 Å². The molecule has 1 radical (unpaired) electrons. The number of benzene rings is 2. The van der Waals surface area contributed by atoms with Crippen molar-refractivity contribution in [1.82, 2.24) is 0 Å². The summed E-state index contributed by atoms with van der Waals surface area (Å²) in [6.45, 7) is 1.91. The highest BCUT2D eigenvalue weighted by Gasteiger charge is 2.35. The van der Waals surface area contributed by atoms with Gasteiger partial charge in [0.1, 0.15) is 5.76 Å². The van der Waals surface area contributed by atoms with Crippen LogP contribution in [0, 0.1) is 13.3 Å². The van der Waals surface area contributed by atoms with Crippen LogP contribution in [0.15, 0.2) is 54.3 Å². The molecule has 0 atom stereocenters. The molecule has 0 fully saturated rings. The molecule has 0 unspecified atom stereocenters. The van der Waals surface area contributed by atoms with E-state index < -0.39 is 6.36 Å². The Kier molecular flexibility index (Phi) is 5.35. The smallest absolute Gasteiger partial charge is 0.405 e. The van der Waals surface area contributed by atoms with Crippen molar-refractivity contribution in [3.8, 4) is 0 Å². The zero-order valence-electron chi connectivity index (χ0n) is 13.7. The SMILES string of the molecule is Cc1ccc(C2=C(c3ccc(Cl)c(Cl)c3)[CH]CC=C2OC(F)(F)F)cc1. The van der Waals surface area contributed by atoms with Crippen molar-refractivity contribution in [1.29, 1.82) is 0 Å². The van der Waals surface area contributed by atoms with E-state index in [9.17, 15) is 13.2 Å². The predicted octanol–water partition coefficient (Wildman–Crippen LogP) is 7.24. The van der Waals surface area contributed by atoms with Crippen molar-refractivity contribution >= 4 is 34.3 Å². The Morgan fingerprint density at radius 2 is 1.58 bits per heavy atom. The maximum atomic E-state index is 12.9. The standard InChI is InChI=1S/C20H14Cl2F3O/c1-12-5-7-13(8-6-12)19-15(14-9-10-16(21)17(22)11-14)3-2-4-18(19)26-20(23,24)25/h3-11H,2H2,1H3. The van der Waals surface area contributed by atoms with Gasteiger partial charge in [0.05, 0.1) is 10.0 Å². The number of rotatable bonds is 3. The summed E-state index contributed by atoms with van der Waals surface area (Å²) in [5.74, 6) is -0.218. The fraction of sp³-hybridized carbons (Fsp3) is 0.150. The quantitative estimate of drug-likeness (QED) is 0.530. The van der Waals surface area contributed by atoms with Gasteiger partial charge in [-0.3, -0.25) is 0 Å². The molecule has 6 heteroatoms. The van der Waals surface area contributed by atoms with E-state index in [1.165, 1.54) is 6.08 Å². The Morgan fingerprint density at radius 1 is 0.923 bits per heavy atom. The molecule has 0 heterocycles. The number of ether oxygens (including phenoxy) is 1. The molecule has 0 bridgehead atoms. The normalized spacial score (nSPS) is 15.1. The summed E-state index contributed by atoms with van der Waals surface area (Å²) in [4.78, 5) is 0.